The van der Waals surface area contributed by atoms with Crippen molar-refractivity contribution in [2.75, 3.05) is 7.05 Å². The van der Waals surface area contributed by atoms with Gasteiger partial charge in [0, 0.05) is 18.5 Å². The highest BCUT2D eigenvalue weighted by atomic mass is 32.1. The van der Waals surface area contributed by atoms with Crippen LogP contribution < -0.4 is 5.32 Å². The van der Waals surface area contributed by atoms with Gasteiger partial charge in [-0.05, 0) is 19.3 Å². The minimum atomic E-state index is -1.06. The Morgan fingerprint density at radius 1 is 1.38 bits per heavy atom. The van der Waals surface area contributed by atoms with Crippen molar-refractivity contribution in [2.45, 2.75) is 46.7 Å². The van der Waals surface area contributed by atoms with Gasteiger partial charge in [-0.1, -0.05) is 20.8 Å². The molecule has 1 aromatic heterocycles. The number of carbonyl (C=O) groups excluding carboxylic acids is 1. The molecule has 0 aliphatic carbocycles. The van der Waals surface area contributed by atoms with Crippen molar-refractivity contribution in [3.05, 3.63) is 16.1 Å². The molecule has 0 aliphatic rings. The summed E-state index contributed by atoms with van der Waals surface area (Å²) >= 11 is 1.23. The Balaban J connectivity index is 2.71. The van der Waals surface area contributed by atoms with Crippen molar-refractivity contribution < 1.29 is 14.7 Å². The van der Waals surface area contributed by atoms with Gasteiger partial charge < -0.3 is 15.3 Å². The van der Waals surface area contributed by atoms with E-state index in [4.69, 9.17) is 5.11 Å². The summed E-state index contributed by atoms with van der Waals surface area (Å²) in [5.41, 5.74) is -0.0139. The molecule has 0 saturated carbocycles. The predicted octanol–water partition coefficient (Wildman–Crippen LogP) is 2.98. The Morgan fingerprint density at radius 3 is 2.38 bits per heavy atom. The Kier molecular flexibility index (Phi) is 5.33. The molecule has 2 atom stereocenters. The van der Waals surface area contributed by atoms with Gasteiger partial charge in [0.25, 0.3) is 0 Å². The second-order valence-electron chi connectivity index (χ2n) is 6.20. The lowest BCUT2D eigenvalue weighted by Gasteiger charge is -2.35. The van der Waals surface area contributed by atoms with E-state index >= 15 is 0 Å². The molecule has 0 saturated heterocycles. The van der Waals surface area contributed by atoms with E-state index in [2.05, 4.69) is 31.1 Å². The van der Waals surface area contributed by atoms with E-state index in [0.29, 0.717) is 5.01 Å². The number of thiazole rings is 1. The molecule has 21 heavy (non-hydrogen) atoms. The molecule has 118 valence electrons. The highest BCUT2D eigenvalue weighted by Crippen LogP contribution is 2.24. The van der Waals surface area contributed by atoms with Gasteiger partial charge in [-0.3, -0.25) is 0 Å². The zero-order valence-electron chi connectivity index (χ0n) is 13.3. The standard InChI is InChI=1S/C14H23N3O3S/c1-8(11-16-10(7-21-11)12(18)19)15-13(20)17(6)9(2)14(3,4)5/h7-9H,1-6H3,(H,15,20)(H,18,19). The van der Waals surface area contributed by atoms with Crippen molar-refractivity contribution >= 4 is 23.3 Å². The summed E-state index contributed by atoms with van der Waals surface area (Å²) in [4.78, 5) is 28.7. The fraction of sp³-hybridized carbons (Fsp3) is 0.643. The second kappa shape index (κ2) is 6.43. The largest absolute Gasteiger partial charge is 0.476 e. The van der Waals surface area contributed by atoms with E-state index in [9.17, 15) is 9.59 Å². The van der Waals surface area contributed by atoms with Crippen LogP contribution in [0.5, 0.6) is 0 Å². The van der Waals surface area contributed by atoms with Gasteiger partial charge >= 0.3 is 12.0 Å². The zero-order chi connectivity index (χ0) is 16.4. The molecule has 7 heteroatoms. The van der Waals surface area contributed by atoms with Crippen LogP contribution in [0.15, 0.2) is 5.38 Å². The molecule has 2 unspecified atom stereocenters. The molecular weight excluding hydrogens is 290 g/mol. The Bertz CT molecular complexity index is 522. The van der Waals surface area contributed by atoms with E-state index in [1.54, 1.807) is 18.9 Å². The lowest BCUT2D eigenvalue weighted by Crippen LogP contribution is -2.48. The smallest absolute Gasteiger partial charge is 0.355 e. The average Bonchev–Trinajstić information content (AvgIpc) is 2.85. The second-order valence-corrected chi connectivity index (χ2v) is 7.09. The van der Waals surface area contributed by atoms with Crippen LogP contribution in [0.25, 0.3) is 0 Å². The number of carboxylic acid groups (broad SMARTS) is 1. The number of hydrogen-bond acceptors (Lipinski definition) is 4. The lowest BCUT2D eigenvalue weighted by molar-refractivity contribution is 0.0691. The SMILES string of the molecule is CC(NC(=O)N(C)C(C)C(C)(C)C)c1nc(C(=O)O)cs1. The van der Waals surface area contributed by atoms with Gasteiger partial charge in [-0.25, -0.2) is 14.6 Å². The van der Waals surface area contributed by atoms with Crippen LogP contribution >= 0.6 is 11.3 Å². The molecule has 0 aliphatic heterocycles. The van der Waals surface area contributed by atoms with Crippen LogP contribution in [-0.4, -0.2) is 40.1 Å². The third-order valence-electron chi connectivity index (χ3n) is 3.61. The average molecular weight is 313 g/mol. The first-order valence-corrected chi connectivity index (χ1v) is 7.64. The van der Waals surface area contributed by atoms with Crippen LogP contribution in [0, 0.1) is 5.41 Å². The summed E-state index contributed by atoms with van der Waals surface area (Å²) in [6.07, 6.45) is 0. The molecule has 0 fully saturated rings. The first-order chi connectivity index (χ1) is 9.54. The number of hydrogen-bond donors (Lipinski definition) is 2. The molecule has 2 N–H and O–H groups in total. The molecule has 1 aromatic rings. The monoisotopic (exact) mass is 313 g/mol. The number of rotatable bonds is 4. The van der Waals surface area contributed by atoms with Crippen LogP contribution in [0.3, 0.4) is 0 Å². The van der Waals surface area contributed by atoms with Gasteiger partial charge in [-0.2, -0.15) is 0 Å². The van der Waals surface area contributed by atoms with Gasteiger partial charge in [0.2, 0.25) is 0 Å². The van der Waals surface area contributed by atoms with Gasteiger partial charge in [0.1, 0.15) is 5.01 Å². The number of aromatic nitrogens is 1. The normalized spacial score (nSPS) is 14.4. The minimum absolute atomic E-state index is 0.00696. The molecule has 0 spiro atoms. The van der Waals surface area contributed by atoms with E-state index < -0.39 is 5.97 Å². The van der Waals surface area contributed by atoms with Gasteiger partial charge in [-0.15, -0.1) is 11.3 Å². The first-order valence-electron chi connectivity index (χ1n) is 6.76. The van der Waals surface area contributed by atoms with Crippen LogP contribution in [0.1, 0.15) is 56.2 Å². The predicted molar refractivity (Wildman–Crippen MR) is 82.7 cm³/mol. The molecule has 1 rings (SSSR count). The summed E-state index contributed by atoms with van der Waals surface area (Å²) in [6, 6.07) is -0.460. The molecule has 0 aromatic carbocycles. The van der Waals surface area contributed by atoms with Crippen LogP contribution in [0.2, 0.25) is 0 Å². The van der Waals surface area contributed by atoms with Crippen molar-refractivity contribution in [1.82, 2.24) is 15.2 Å². The number of aromatic carboxylic acids is 1. The highest BCUT2D eigenvalue weighted by molar-refractivity contribution is 7.09. The van der Waals surface area contributed by atoms with Crippen LogP contribution in [0.4, 0.5) is 4.79 Å². The maximum atomic E-state index is 12.2. The van der Waals surface area contributed by atoms with Crippen molar-refractivity contribution in [1.29, 1.82) is 0 Å². The maximum absolute atomic E-state index is 12.2. The topological polar surface area (TPSA) is 82.5 Å². The number of amides is 2. The van der Waals surface area contributed by atoms with Crippen molar-refractivity contribution in [3.8, 4) is 0 Å². The fourth-order valence-corrected chi connectivity index (χ4v) is 2.49. The summed E-state index contributed by atoms with van der Waals surface area (Å²) in [5.74, 6) is -1.06. The number of nitrogens with one attached hydrogen (secondary N) is 1. The first kappa shape index (κ1) is 17.4. The Labute approximate surface area is 129 Å². The van der Waals surface area contributed by atoms with E-state index in [1.807, 2.05) is 6.92 Å². The van der Waals surface area contributed by atoms with Crippen LogP contribution in [-0.2, 0) is 0 Å². The molecule has 1 heterocycles. The number of carboxylic acids is 1. The number of carbonyl (C=O) groups is 2. The van der Waals surface area contributed by atoms with Crippen molar-refractivity contribution in [2.24, 2.45) is 5.41 Å². The number of urea groups is 1. The molecule has 6 nitrogen and oxygen atoms in total. The fourth-order valence-electron chi connectivity index (χ4n) is 1.69. The summed E-state index contributed by atoms with van der Waals surface area (Å²) < 4.78 is 0. The van der Waals surface area contributed by atoms with E-state index in [0.717, 1.165) is 0 Å². The molecule has 0 radical (unpaired) electrons. The quantitative estimate of drug-likeness (QED) is 0.895. The zero-order valence-corrected chi connectivity index (χ0v) is 14.1. The molecule has 2 amide bonds. The van der Waals surface area contributed by atoms with E-state index in [1.165, 1.54) is 16.7 Å². The Morgan fingerprint density at radius 2 is 1.95 bits per heavy atom. The minimum Gasteiger partial charge on any atom is -0.476 e. The van der Waals surface area contributed by atoms with E-state index in [-0.39, 0.29) is 29.2 Å². The van der Waals surface area contributed by atoms with Crippen molar-refractivity contribution in [3.63, 3.8) is 0 Å². The third kappa shape index (κ3) is 4.42. The van der Waals surface area contributed by atoms with Gasteiger partial charge in [0.05, 0.1) is 6.04 Å². The van der Waals surface area contributed by atoms with Gasteiger partial charge in [0.15, 0.2) is 5.69 Å². The summed E-state index contributed by atoms with van der Waals surface area (Å²) in [5, 5.41) is 13.8. The Hall–Kier alpha value is -1.63. The number of nitrogens with zero attached hydrogens (tertiary/aromatic N) is 2. The molecular formula is C14H23N3O3S. The maximum Gasteiger partial charge on any atom is 0.355 e. The summed E-state index contributed by atoms with van der Waals surface area (Å²) in [7, 11) is 1.75. The summed E-state index contributed by atoms with van der Waals surface area (Å²) in [6.45, 7) is 10.0. The third-order valence-corrected chi connectivity index (χ3v) is 4.63. The highest BCUT2D eigenvalue weighted by Gasteiger charge is 2.28. The molecule has 0 bridgehead atoms. The lowest BCUT2D eigenvalue weighted by atomic mass is 9.87.